The van der Waals surface area contributed by atoms with E-state index in [1.54, 1.807) is 6.07 Å². The van der Waals surface area contributed by atoms with Crippen molar-refractivity contribution in [3.63, 3.8) is 0 Å². The molecule has 1 fully saturated rings. The van der Waals surface area contributed by atoms with Crippen molar-refractivity contribution in [2.24, 2.45) is 11.8 Å². The van der Waals surface area contributed by atoms with Gasteiger partial charge in [-0.05, 0) is 24.0 Å². The molecular weight excluding hydrogens is 242 g/mol. The Kier molecular flexibility index (Phi) is 4.52. The van der Waals surface area contributed by atoms with Crippen LogP contribution in [0, 0.1) is 5.92 Å². The molecule has 1 amide bonds. The van der Waals surface area contributed by atoms with Crippen molar-refractivity contribution in [2.75, 3.05) is 13.1 Å². The van der Waals surface area contributed by atoms with Crippen molar-refractivity contribution in [3.05, 3.63) is 35.4 Å². The molecule has 0 spiro atoms. The summed E-state index contributed by atoms with van der Waals surface area (Å²) in [6.07, 6.45) is 0.575. The Labute approximate surface area is 113 Å². The molecule has 0 aliphatic carbocycles. The van der Waals surface area contributed by atoms with Crippen LogP contribution in [0.25, 0.3) is 0 Å². The zero-order valence-corrected chi connectivity index (χ0v) is 11.2. The molecule has 5 nitrogen and oxygen atoms in total. The Bertz CT molecular complexity index is 450. The van der Waals surface area contributed by atoms with Gasteiger partial charge in [0.25, 0.3) is 5.91 Å². The van der Waals surface area contributed by atoms with Crippen LogP contribution in [-0.4, -0.2) is 35.1 Å². The molecule has 1 aliphatic rings. The molecule has 0 bridgehead atoms. The van der Waals surface area contributed by atoms with Gasteiger partial charge in [-0.3, -0.25) is 15.1 Å². The normalized spacial score (nSPS) is 24.2. The molecule has 2 atom stereocenters. The number of nitrogen functional groups attached to an aromatic ring is 1. The summed E-state index contributed by atoms with van der Waals surface area (Å²) < 4.78 is 0. The van der Waals surface area contributed by atoms with E-state index in [1.165, 1.54) is 0 Å². The highest BCUT2D eigenvalue weighted by atomic mass is 16.3. The Hall–Kier alpha value is -1.43. The van der Waals surface area contributed by atoms with E-state index in [0.717, 1.165) is 25.1 Å². The lowest BCUT2D eigenvalue weighted by Gasteiger charge is -2.34. The number of hydrogen-bond acceptors (Lipinski definition) is 4. The quantitative estimate of drug-likeness (QED) is 0.421. The maximum atomic E-state index is 11.7. The molecule has 2 unspecified atom stereocenters. The number of nitrogens with zero attached hydrogens (tertiary/aromatic N) is 1. The van der Waals surface area contributed by atoms with Gasteiger partial charge in [-0.25, -0.2) is 5.84 Å². The first-order valence-corrected chi connectivity index (χ1v) is 6.61. The number of likely N-dealkylation sites (tertiary alicyclic amines) is 1. The first kappa shape index (κ1) is 14.0. The van der Waals surface area contributed by atoms with Crippen LogP contribution in [0.1, 0.15) is 29.3 Å². The van der Waals surface area contributed by atoms with Crippen LogP contribution in [0.2, 0.25) is 0 Å². The van der Waals surface area contributed by atoms with Gasteiger partial charge in [0.05, 0.1) is 6.10 Å². The van der Waals surface area contributed by atoms with Crippen LogP contribution in [0.4, 0.5) is 0 Å². The van der Waals surface area contributed by atoms with Crippen LogP contribution < -0.4 is 11.3 Å². The number of nitrogens with two attached hydrogens (primary N) is 1. The predicted molar refractivity (Wildman–Crippen MR) is 73.2 cm³/mol. The first-order valence-electron chi connectivity index (χ1n) is 6.61. The fourth-order valence-electron chi connectivity index (χ4n) is 2.56. The Morgan fingerprint density at radius 3 is 2.95 bits per heavy atom. The van der Waals surface area contributed by atoms with Gasteiger partial charge in [-0.15, -0.1) is 0 Å². The number of hydrazine groups is 1. The lowest BCUT2D eigenvalue weighted by Crippen LogP contribution is -2.41. The molecule has 5 heteroatoms. The van der Waals surface area contributed by atoms with Gasteiger partial charge in [-0.1, -0.05) is 25.1 Å². The van der Waals surface area contributed by atoms with Crippen LogP contribution in [0.5, 0.6) is 0 Å². The van der Waals surface area contributed by atoms with E-state index in [2.05, 4.69) is 17.2 Å². The van der Waals surface area contributed by atoms with Crippen LogP contribution in [0.3, 0.4) is 0 Å². The van der Waals surface area contributed by atoms with E-state index >= 15 is 0 Å². The third-order valence-corrected chi connectivity index (χ3v) is 3.73. The summed E-state index contributed by atoms with van der Waals surface area (Å²) in [6, 6.07) is 7.47. The highest BCUT2D eigenvalue weighted by Crippen LogP contribution is 2.20. The van der Waals surface area contributed by atoms with E-state index in [1.807, 2.05) is 18.2 Å². The summed E-state index contributed by atoms with van der Waals surface area (Å²) in [7, 11) is 0. The third-order valence-electron chi connectivity index (χ3n) is 3.73. The Morgan fingerprint density at radius 1 is 1.53 bits per heavy atom. The summed E-state index contributed by atoms with van der Waals surface area (Å²) in [5.74, 6) is 5.20. The monoisotopic (exact) mass is 263 g/mol. The van der Waals surface area contributed by atoms with E-state index in [-0.39, 0.29) is 17.9 Å². The van der Waals surface area contributed by atoms with Crippen molar-refractivity contribution in [2.45, 2.75) is 26.0 Å². The van der Waals surface area contributed by atoms with Crippen molar-refractivity contribution < 1.29 is 9.90 Å². The van der Waals surface area contributed by atoms with Crippen LogP contribution in [-0.2, 0) is 6.54 Å². The number of carbonyl (C=O) groups is 1. The molecule has 1 aliphatic heterocycles. The second-order valence-electron chi connectivity index (χ2n) is 5.20. The van der Waals surface area contributed by atoms with E-state index in [0.29, 0.717) is 12.1 Å². The number of amides is 1. The minimum absolute atomic E-state index is 0.209. The number of carbonyl (C=O) groups excluding carboxylic acids is 1. The fraction of sp³-hybridized carbons (Fsp3) is 0.500. The average Bonchev–Trinajstić information content (AvgIpc) is 2.43. The van der Waals surface area contributed by atoms with Gasteiger partial charge >= 0.3 is 0 Å². The molecule has 1 heterocycles. The van der Waals surface area contributed by atoms with Gasteiger partial charge in [0.1, 0.15) is 0 Å². The van der Waals surface area contributed by atoms with Gasteiger partial charge in [0.2, 0.25) is 0 Å². The number of rotatable bonds is 3. The molecule has 0 saturated carbocycles. The summed E-state index contributed by atoms with van der Waals surface area (Å²) in [5.41, 5.74) is 3.76. The lowest BCUT2D eigenvalue weighted by atomic mass is 9.96. The van der Waals surface area contributed by atoms with Crippen molar-refractivity contribution in [3.8, 4) is 0 Å². The Morgan fingerprint density at radius 2 is 2.26 bits per heavy atom. The van der Waals surface area contributed by atoms with Gasteiger partial charge in [0.15, 0.2) is 0 Å². The largest absolute Gasteiger partial charge is 0.393 e. The smallest absolute Gasteiger partial charge is 0.265 e. The zero-order valence-electron chi connectivity index (χ0n) is 11.2. The average molecular weight is 263 g/mol. The summed E-state index contributed by atoms with van der Waals surface area (Å²) in [4.78, 5) is 14.0. The number of hydrogen-bond donors (Lipinski definition) is 3. The number of aliphatic hydroxyl groups excluding tert-OH is 1. The molecule has 2 rings (SSSR count). The van der Waals surface area contributed by atoms with Gasteiger partial charge in [0, 0.05) is 25.2 Å². The second kappa shape index (κ2) is 6.14. The zero-order chi connectivity index (χ0) is 13.8. The number of benzene rings is 1. The van der Waals surface area contributed by atoms with Crippen molar-refractivity contribution in [1.29, 1.82) is 0 Å². The number of aliphatic hydroxyl groups is 1. The molecule has 0 aromatic heterocycles. The minimum Gasteiger partial charge on any atom is -0.393 e. The molecule has 19 heavy (non-hydrogen) atoms. The SMILES string of the molecule is CC1CN(Cc2ccccc2C(=O)NN)CCC1O. The summed E-state index contributed by atoms with van der Waals surface area (Å²) in [5, 5.41) is 9.74. The maximum absolute atomic E-state index is 11.7. The van der Waals surface area contributed by atoms with E-state index in [4.69, 9.17) is 5.84 Å². The topological polar surface area (TPSA) is 78.6 Å². The minimum atomic E-state index is -0.263. The predicted octanol–water partition coefficient (Wildman–Crippen LogP) is 0.493. The summed E-state index contributed by atoms with van der Waals surface area (Å²) >= 11 is 0. The Balaban J connectivity index is 2.09. The maximum Gasteiger partial charge on any atom is 0.265 e. The van der Waals surface area contributed by atoms with Gasteiger partial charge in [-0.2, -0.15) is 0 Å². The summed E-state index contributed by atoms with van der Waals surface area (Å²) in [6.45, 7) is 4.46. The molecule has 0 radical (unpaired) electrons. The second-order valence-corrected chi connectivity index (χ2v) is 5.20. The molecular formula is C14H21N3O2. The molecule has 1 aromatic carbocycles. The molecule has 4 N–H and O–H groups in total. The van der Waals surface area contributed by atoms with E-state index in [9.17, 15) is 9.90 Å². The first-order chi connectivity index (χ1) is 9.11. The van der Waals surface area contributed by atoms with Gasteiger partial charge < -0.3 is 5.11 Å². The third kappa shape index (κ3) is 3.32. The van der Waals surface area contributed by atoms with Crippen molar-refractivity contribution in [1.82, 2.24) is 10.3 Å². The standard InChI is InChI=1S/C14H21N3O2/c1-10-8-17(7-6-13(10)18)9-11-4-2-3-5-12(11)14(19)16-15/h2-5,10,13,18H,6-9,15H2,1H3,(H,16,19). The number of piperidine rings is 1. The van der Waals surface area contributed by atoms with Crippen LogP contribution in [0.15, 0.2) is 24.3 Å². The van der Waals surface area contributed by atoms with Crippen LogP contribution >= 0.6 is 0 Å². The number of nitrogens with one attached hydrogen (secondary N) is 1. The fourth-order valence-corrected chi connectivity index (χ4v) is 2.56. The molecule has 1 aromatic rings. The highest BCUT2D eigenvalue weighted by molar-refractivity contribution is 5.95. The molecule has 104 valence electrons. The molecule has 1 saturated heterocycles. The lowest BCUT2D eigenvalue weighted by molar-refractivity contribution is 0.0319. The highest BCUT2D eigenvalue weighted by Gasteiger charge is 2.24. The van der Waals surface area contributed by atoms with Crippen molar-refractivity contribution >= 4 is 5.91 Å². The van der Waals surface area contributed by atoms with E-state index < -0.39 is 0 Å².